The minimum Gasteiger partial charge on any atom is -0.462 e. The largest absolute Gasteiger partial charge is 0.462 e. The number of esters is 1. The first-order valence-electron chi connectivity index (χ1n) is 7.32. The van der Waals surface area contributed by atoms with Gasteiger partial charge in [-0.2, -0.15) is 0 Å². The summed E-state index contributed by atoms with van der Waals surface area (Å²) in [4.78, 5) is 29.9. The van der Waals surface area contributed by atoms with Crippen molar-refractivity contribution in [3.63, 3.8) is 0 Å². The Hall–Kier alpha value is -1.95. The number of hydrogen-bond acceptors (Lipinski definition) is 5. The van der Waals surface area contributed by atoms with E-state index in [1.807, 2.05) is 25.1 Å². The van der Waals surface area contributed by atoms with Crippen molar-refractivity contribution in [3.05, 3.63) is 29.3 Å². The number of methoxy groups -OCH3 is 1. The van der Waals surface area contributed by atoms with Gasteiger partial charge < -0.3 is 9.64 Å². The van der Waals surface area contributed by atoms with Crippen molar-refractivity contribution < 1.29 is 14.3 Å². The standard InChI is InChI=1S/C16H18N2O3S/c1-10(12-5-6-14-13(7-12)17-9-22-14)18(8-11-3-4-11)15(19)16(20)21-2/h5-7,9-11H,3-4,8H2,1-2H3. The predicted molar refractivity (Wildman–Crippen MR) is 84.5 cm³/mol. The molecule has 6 heteroatoms. The molecule has 1 saturated carbocycles. The fraction of sp³-hybridized carbons (Fsp3) is 0.438. The van der Waals surface area contributed by atoms with Crippen LogP contribution in [0, 0.1) is 5.92 Å². The van der Waals surface area contributed by atoms with Gasteiger partial charge in [-0.3, -0.25) is 4.79 Å². The van der Waals surface area contributed by atoms with Crippen molar-refractivity contribution in [1.82, 2.24) is 9.88 Å². The van der Waals surface area contributed by atoms with Crippen LogP contribution in [0.4, 0.5) is 0 Å². The third-order valence-electron chi connectivity index (χ3n) is 4.08. The molecule has 1 aromatic carbocycles. The zero-order valence-electron chi connectivity index (χ0n) is 12.6. The van der Waals surface area contributed by atoms with Crippen molar-refractivity contribution >= 4 is 33.4 Å². The summed E-state index contributed by atoms with van der Waals surface area (Å²) in [5.41, 5.74) is 3.71. The number of aromatic nitrogens is 1. The Labute approximate surface area is 132 Å². The summed E-state index contributed by atoms with van der Waals surface area (Å²) in [6.45, 7) is 2.54. The van der Waals surface area contributed by atoms with Crippen LogP contribution in [0.2, 0.25) is 0 Å². The van der Waals surface area contributed by atoms with Crippen LogP contribution >= 0.6 is 11.3 Å². The maximum absolute atomic E-state index is 12.3. The van der Waals surface area contributed by atoms with Gasteiger partial charge in [0.2, 0.25) is 0 Å². The predicted octanol–water partition coefficient (Wildman–Crippen LogP) is 2.77. The number of hydrogen-bond donors (Lipinski definition) is 0. The van der Waals surface area contributed by atoms with Crippen molar-refractivity contribution in [2.45, 2.75) is 25.8 Å². The SMILES string of the molecule is COC(=O)C(=O)N(CC1CC1)C(C)c1ccc2scnc2c1. The molecule has 1 heterocycles. The summed E-state index contributed by atoms with van der Waals surface area (Å²) in [5.74, 6) is -0.874. The number of nitrogens with zero attached hydrogens (tertiary/aromatic N) is 2. The highest BCUT2D eigenvalue weighted by Gasteiger charge is 2.33. The summed E-state index contributed by atoms with van der Waals surface area (Å²) in [6.07, 6.45) is 2.23. The topological polar surface area (TPSA) is 59.5 Å². The number of carbonyl (C=O) groups excluding carboxylic acids is 2. The van der Waals surface area contributed by atoms with E-state index in [1.165, 1.54) is 7.11 Å². The monoisotopic (exact) mass is 318 g/mol. The lowest BCUT2D eigenvalue weighted by Gasteiger charge is -2.28. The average molecular weight is 318 g/mol. The molecule has 1 atom stereocenters. The number of amides is 1. The van der Waals surface area contributed by atoms with Crippen LogP contribution < -0.4 is 0 Å². The lowest BCUT2D eigenvalue weighted by molar-refractivity contribution is -0.159. The highest BCUT2D eigenvalue weighted by Crippen LogP contribution is 2.33. The zero-order valence-corrected chi connectivity index (χ0v) is 13.4. The maximum Gasteiger partial charge on any atom is 0.396 e. The van der Waals surface area contributed by atoms with Gasteiger partial charge in [0.1, 0.15) is 0 Å². The quantitative estimate of drug-likeness (QED) is 0.642. The fourth-order valence-corrected chi connectivity index (χ4v) is 3.17. The summed E-state index contributed by atoms with van der Waals surface area (Å²) >= 11 is 1.59. The molecule has 1 aliphatic carbocycles. The van der Waals surface area contributed by atoms with Gasteiger partial charge in [-0.05, 0) is 43.4 Å². The molecular weight excluding hydrogens is 300 g/mol. The lowest BCUT2D eigenvalue weighted by atomic mass is 10.1. The van der Waals surface area contributed by atoms with Crippen molar-refractivity contribution in [3.8, 4) is 0 Å². The van der Waals surface area contributed by atoms with Crippen LogP contribution in [-0.2, 0) is 14.3 Å². The number of rotatable bonds is 4. The van der Waals surface area contributed by atoms with Crippen LogP contribution in [0.3, 0.4) is 0 Å². The molecule has 0 spiro atoms. The minimum absolute atomic E-state index is 0.182. The molecule has 1 aliphatic rings. The maximum atomic E-state index is 12.3. The van der Waals surface area contributed by atoms with E-state index >= 15 is 0 Å². The third kappa shape index (κ3) is 2.97. The van der Waals surface area contributed by atoms with E-state index in [-0.39, 0.29) is 6.04 Å². The highest BCUT2D eigenvalue weighted by molar-refractivity contribution is 7.16. The Morgan fingerprint density at radius 2 is 2.23 bits per heavy atom. The molecule has 2 aromatic rings. The number of benzene rings is 1. The van der Waals surface area contributed by atoms with Gasteiger partial charge in [0, 0.05) is 6.54 Å². The molecule has 116 valence electrons. The Kier molecular flexibility index (Phi) is 4.11. The second-order valence-electron chi connectivity index (χ2n) is 5.65. The Bertz CT molecular complexity index is 708. The Balaban J connectivity index is 1.87. The molecule has 0 radical (unpaired) electrons. The first-order valence-corrected chi connectivity index (χ1v) is 8.20. The molecule has 1 amide bonds. The highest BCUT2D eigenvalue weighted by atomic mass is 32.1. The molecule has 0 aliphatic heterocycles. The van der Waals surface area contributed by atoms with Gasteiger partial charge in [-0.1, -0.05) is 6.07 Å². The van der Waals surface area contributed by atoms with Crippen LogP contribution in [0.15, 0.2) is 23.7 Å². The number of fused-ring (bicyclic) bond motifs is 1. The molecule has 1 fully saturated rings. The van der Waals surface area contributed by atoms with Crippen molar-refractivity contribution in [2.24, 2.45) is 5.92 Å². The number of thiazole rings is 1. The van der Waals surface area contributed by atoms with Gasteiger partial charge >= 0.3 is 11.9 Å². The third-order valence-corrected chi connectivity index (χ3v) is 4.89. The second kappa shape index (κ2) is 6.04. The fourth-order valence-electron chi connectivity index (χ4n) is 2.51. The van der Waals surface area contributed by atoms with E-state index in [0.717, 1.165) is 28.6 Å². The van der Waals surface area contributed by atoms with Crippen LogP contribution in [0.1, 0.15) is 31.4 Å². The summed E-state index contributed by atoms with van der Waals surface area (Å²) in [7, 11) is 1.24. The first kappa shape index (κ1) is 15.0. The number of carbonyl (C=O) groups is 2. The molecule has 0 saturated heterocycles. The summed E-state index contributed by atoms with van der Waals surface area (Å²) < 4.78 is 5.71. The first-order chi connectivity index (χ1) is 10.6. The van der Waals surface area contributed by atoms with Crippen molar-refractivity contribution in [1.29, 1.82) is 0 Å². The van der Waals surface area contributed by atoms with E-state index in [4.69, 9.17) is 0 Å². The molecular formula is C16H18N2O3S. The Morgan fingerprint density at radius 1 is 1.45 bits per heavy atom. The van der Waals surface area contributed by atoms with Gasteiger partial charge in [0.25, 0.3) is 0 Å². The number of ether oxygens (including phenoxy) is 1. The Morgan fingerprint density at radius 3 is 2.91 bits per heavy atom. The molecule has 1 unspecified atom stereocenters. The molecule has 22 heavy (non-hydrogen) atoms. The summed E-state index contributed by atoms with van der Waals surface area (Å²) in [6, 6.07) is 5.81. The van der Waals surface area contributed by atoms with Gasteiger partial charge in [-0.25, -0.2) is 9.78 Å². The molecule has 0 bridgehead atoms. The minimum atomic E-state index is -0.803. The molecule has 0 N–H and O–H groups in total. The van der Waals surface area contributed by atoms with E-state index in [2.05, 4.69) is 9.72 Å². The van der Waals surface area contributed by atoms with Crippen LogP contribution in [0.5, 0.6) is 0 Å². The van der Waals surface area contributed by atoms with Gasteiger partial charge in [0.15, 0.2) is 0 Å². The smallest absolute Gasteiger partial charge is 0.396 e. The van der Waals surface area contributed by atoms with E-state index in [1.54, 1.807) is 21.7 Å². The van der Waals surface area contributed by atoms with Gasteiger partial charge in [0.05, 0.1) is 28.9 Å². The van der Waals surface area contributed by atoms with Crippen LogP contribution in [-0.4, -0.2) is 35.4 Å². The second-order valence-corrected chi connectivity index (χ2v) is 6.53. The normalized spacial score (nSPS) is 15.5. The van der Waals surface area contributed by atoms with E-state index in [0.29, 0.717) is 12.5 Å². The summed E-state index contributed by atoms with van der Waals surface area (Å²) in [5, 5.41) is 0. The van der Waals surface area contributed by atoms with Crippen LogP contribution in [0.25, 0.3) is 10.2 Å². The van der Waals surface area contributed by atoms with E-state index in [9.17, 15) is 9.59 Å². The van der Waals surface area contributed by atoms with Gasteiger partial charge in [-0.15, -0.1) is 11.3 Å². The molecule has 5 nitrogen and oxygen atoms in total. The average Bonchev–Trinajstić information content (AvgIpc) is 3.24. The molecule has 1 aromatic heterocycles. The lowest BCUT2D eigenvalue weighted by Crippen LogP contribution is -2.40. The van der Waals surface area contributed by atoms with Crippen molar-refractivity contribution in [2.75, 3.05) is 13.7 Å². The van der Waals surface area contributed by atoms with E-state index < -0.39 is 11.9 Å². The molecule has 3 rings (SSSR count). The zero-order chi connectivity index (χ0) is 15.7.